The number of rotatable bonds is 2. The molecule has 0 spiro atoms. The van der Waals surface area contributed by atoms with E-state index in [0.29, 0.717) is 13.0 Å². The first-order valence-electron chi connectivity index (χ1n) is 8.71. The molecule has 0 aliphatic heterocycles. The Kier molecular flexibility index (Phi) is 2.80. The Bertz CT molecular complexity index is 974. The van der Waals surface area contributed by atoms with E-state index in [-0.39, 0.29) is 5.78 Å². The molecule has 120 valence electrons. The van der Waals surface area contributed by atoms with Crippen LogP contribution in [0.3, 0.4) is 0 Å². The summed E-state index contributed by atoms with van der Waals surface area (Å²) in [4.78, 5) is 12.2. The fourth-order valence-electron chi connectivity index (χ4n) is 4.67. The number of aromatic nitrogens is 1. The lowest BCUT2D eigenvalue weighted by Crippen LogP contribution is -2.09. The number of benzene rings is 2. The Hall–Kier alpha value is -2.39. The summed E-state index contributed by atoms with van der Waals surface area (Å²) in [6.45, 7) is 5.64. The SMILES string of the molecule is C=C1CCc2c1ccc1c2c2c3c(ccc2n1CCN)C(=O)CC3. The van der Waals surface area contributed by atoms with E-state index in [2.05, 4.69) is 29.3 Å². The number of carbonyl (C=O) groups is 1. The molecule has 0 fully saturated rings. The van der Waals surface area contributed by atoms with Gasteiger partial charge in [0.2, 0.25) is 0 Å². The van der Waals surface area contributed by atoms with Gasteiger partial charge in [-0.15, -0.1) is 0 Å². The van der Waals surface area contributed by atoms with Crippen LogP contribution in [0.2, 0.25) is 0 Å². The summed E-state index contributed by atoms with van der Waals surface area (Å²) in [5.41, 5.74) is 14.4. The smallest absolute Gasteiger partial charge is 0.163 e. The molecule has 2 aliphatic rings. The topological polar surface area (TPSA) is 48.0 Å². The molecule has 0 amide bonds. The number of fused-ring (bicyclic) bond motifs is 7. The molecule has 2 N–H and O–H groups in total. The van der Waals surface area contributed by atoms with Crippen LogP contribution in [0.25, 0.3) is 27.4 Å². The molecule has 3 heteroatoms. The molecule has 0 bridgehead atoms. The predicted molar refractivity (Wildman–Crippen MR) is 98.5 cm³/mol. The Morgan fingerprint density at radius 2 is 1.54 bits per heavy atom. The minimum absolute atomic E-state index is 0.281. The van der Waals surface area contributed by atoms with Crippen LogP contribution in [0.4, 0.5) is 0 Å². The summed E-state index contributed by atoms with van der Waals surface area (Å²) in [6.07, 6.45) is 3.58. The highest BCUT2D eigenvalue weighted by Gasteiger charge is 2.27. The zero-order chi connectivity index (χ0) is 16.4. The van der Waals surface area contributed by atoms with Crippen LogP contribution in [-0.2, 0) is 19.4 Å². The maximum atomic E-state index is 12.2. The maximum absolute atomic E-state index is 12.2. The van der Waals surface area contributed by atoms with Crippen molar-refractivity contribution in [1.29, 1.82) is 0 Å². The normalized spacial score (nSPS) is 16.4. The lowest BCUT2D eigenvalue weighted by Gasteiger charge is -2.06. The third-order valence-electron chi connectivity index (χ3n) is 5.73. The average Bonchev–Trinajstić information content (AvgIpc) is 3.24. The highest BCUT2D eigenvalue weighted by Crippen LogP contribution is 2.43. The van der Waals surface area contributed by atoms with Gasteiger partial charge in [0, 0.05) is 46.9 Å². The van der Waals surface area contributed by atoms with E-state index in [0.717, 1.165) is 31.4 Å². The van der Waals surface area contributed by atoms with Gasteiger partial charge in [0.05, 0.1) is 0 Å². The summed E-state index contributed by atoms with van der Waals surface area (Å²) < 4.78 is 2.33. The van der Waals surface area contributed by atoms with Gasteiger partial charge in [0.25, 0.3) is 0 Å². The van der Waals surface area contributed by atoms with Gasteiger partial charge in [0.1, 0.15) is 0 Å². The second-order valence-electron chi connectivity index (χ2n) is 6.94. The highest BCUT2D eigenvalue weighted by atomic mass is 16.1. The number of nitrogens with two attached hydrogens (primary N) is 1. The predicted octanol–water partition coefficient (Wildman–Crippen LogP) is 3.84. The lowest BCUT2D eigenvalue weighted by molar-refractivity contribution is 0.0994. The van der Waals surface area contributed by atoms with Crippen molar-refractivity contribution in [1.82, 2.24) is 4.57 Å². The molecule has 1 aromatic heterocycles. The molecular weight excluding hydrogens is 296 g/mol. The van der Waals surface area contributed by atoms with Crippen molar-refractivity contribution < 1.29 is 4.79 Å². The molecule has 0 saturated heterocycles. The zero-order valence-corrected chi connectivity index (χ0v) is 13.7. The van der Waals surface area contributed by atoms with Crippen LogP contribution in [-0.4, -0.2) is 16.9 Å². The fraction of sp³-hybridized carbons (Fsp3) is 0.286. The molecule has 0 unspecified atom stereocenters. The van der Waals surface area contributed by atoms with Gasteiger partial charge in [-0.25, -0.2) is 0 Å². The average molecular weight is 316 g/mol. The molecule has 0 atom stereocenters. The van der Waals surface area contributed by atoms with Gasteiger partial charge >= 0.3 is 0 Å². The first kappa shape index (κ1) is 14.0. The Morgan fingerprint density at radius 3 is 2.25 bits per heavy atom. The summed E-state index contributed by atoms with van der Waals surface area (Å²) in [6, 6.07) is 8.55. The number of ketones is 1. The number of nitrogens with zero attached hydrogens (tertiary/aromatic N) is 1. The van der Waals surface area contributed by atoms with Crippen molar-refractivity contribution in [3.05, 3.63) is 53.1 Å². The van der Waals surface area contributed by atoms with E-state index in [1.807, 2.05) is 6.07 Å². The summed E-state index contributed by atoms with van der Waals surface area (Å²) in [7, 11) is 0. The number of Topliss-reactive ketones (excluding diaryl/α,β-unsaturated/α-hetero) is 1. The molecular formula is C21H20N2O. The number of aryl methyl sites for hydroxylation is 2. The quantitative estimate of drug-likeness (QED) is 0.781. The van der Waals surface area contributed by atoms with E-state index in [4.69, 9.17) is 5.73 Å². The number of carbonyl (C=O) groups excluding carboxylic acids is 1. The van der Waals surface area contributed by atoms with E-state index >= 15 is 0 Å². The highest BCUT2D eigenvalue weighted by molar-refractivity contribution is 6.17. The Labute approximate surface area is 140 Å². The largest absolute Gasteiger partial charge is 0.339 e. The second-order valence-corrected chi connectivity index (χ2v) is 6.94. The number of allylic oxidation sites excluding steroid dienone is 1. The summed E-state index contributed by atoms with van der Waals surface area (Å²) >= 11 is 0. The van der Waals surface area contributed by atoms with Crippen LogP contribution in [0.1, 0.15) is 39.9 Å². The Balaban J connectivity index is 2.00. The minimum atomic E-state index is 0.281. The molecule has 5 rings (SSSR count). The zero-order valence-electron chi connectivity index (χ0n) is 13.7. The van der Waals surface area contributed by atoms with Crippen molar-refractivity contribution in [3.63, 3.8) is 0 Å². The van der Waals surface area contributed by atoms with E-state index in [9.17, 15) is 4.79 Å². The fourth-order valence-corrected chi connectivity index (χ4v) is 4.67. The maximum Gasteiger partial charge on any atom is 0.163 e. The van der Waals surface area contributed by atoms with Crippen LogP contribution >= 0.6 is 0 Å². The van der Waals surface area contributed by atoms with Gasteiger partial charge in [0.15, 0.2) is 5.78 Å². The monoisotopic (exact) mass is 316 g/mol. The van der Waals surface area contributed by atoms with Gasteiger partial charge < -0.3 is 10.3 Å². The molecule has 2 aromatic carbocycles. The molecule has 0 saturated carbocycles. The molecule has 2 aliphatic carbocycles. The lowest BCUT2D eigenvalue weighted by atomic mass is 9.97. The second kappa shape index (κ2) is 4.81. The molecule has 3 aromatic rings. The summed E-state index contributed by atoms with van der Waals surface area (Å²) in [5.74, 6) is 0.281. The van der Waals surface area contributed by atoms with Crippen molar-refractivity contribution >= 4 is 33.2 Å². The van der Waals surface area contributed by atoms with Gasteiger partial charge in [-0.3, -0.25) is 4.79 Å². The first-order valence-corrected chi connectivity index (χ1v) is 8.71. The summed E-state index contributed by atoms with van der Waals surface area (Å²) in [5, 5.41) is 2.62. The molecule has 1 heterocycles. The van der Waals surface area contributed by atoms with Crippen molar-refractivity contribution in [2.24, 2.45) is 5.73 Å². The van der Waals surface area contributed by atoms with Crippen molar-refractivity contribution in [2.75, 3.05) is 6.54 Å². The van der Waals surface area contributed by atoms with Crippen molar-refractivity contribution in [3.8, 4) is 0 Å². The van der Waals surface area contributed by atoms with Gasteiger partial charge in [-0.1, -0.05) is 12.6 Å². The van der Waals surface area contributed by atoms with E-state index in [1.165, 1.54) is 44.1 Å². The minimum Gasteiger partial charge on any atom is -0.339 e. The third-order valence-corrected chi connectivity index (χ3v) is 5.73. The van der Waals surface area contributed by atoms with Crippen LogP contribution < -0.4 is 5.73 Å². The van der Waals surface area contributed by atoms with E-state index in [1.54, 1.807) is 0 Å². The van der Waals surface area contributed by atoms with E-state index < -0.39 is 0 Å². The first-order chi connectivity index (χ1) is 11.7. The van der Waals surface area contributed by atoms with Crippen LogP contribution in [0, 0.1) is 0 Å². The van der Waals surface area contributed by atoms with Gasteiger partial charge in [-0.2, -0.15) is 0 Å². The number of hydrogen-bond donors (Lipinski definition) is 1. The molecule has 24 heavy (non-hydrogen) atoms. The number of hydrogen-bond acceptors (Lipinski definition) is 2. The van der Waals surface area contributed by atoms with Crippen LogP contribution in [0.5, 0.6) is 0 Å². The molecule has 0 radical (unpaired) electrons. The Morgan fingerprint density at radius 1 is 0.917 bits per heavy atom. The third kappa shape index (κ3) is 1.63. The standard InChI is InChI=1S/C21H20N2O/c1-12-2-3-15-13(12)4-7-17-20(15)21-16-6-9-19(24)14(16)5-8-18(21)23(17)11-10-22/h4-5,7-8H,1-3,6,9-11,22H2. The van der Waals surface area contributed by atoms with Gasteiger partial charge in [-0.05, 0) is 59.7 Å². The molecule has 3 nitrogen and oxygen atoms in total. The van der Waals surface area contributed by atoms with Crippen LogP contribution in [0.15, 0.2) is 30.8 Å². The van der Waals surface area contributed by atoms with Crippen molar-refractivity contribution in [2.45, 2.75) is 32.2 Å².